The van der Waals surface area contributed by atoms with E-state index in [4.69, 9.17) is 9.47 Å². The van der Waals surface area contributed by atoms with Crippen molar-refractivity contribution >= 4 is 23.1 Å². The molecule has 1 aromatic carbocycles. The van der Waals surface area contributed by atoms with Crippen molar-refractivity contribution in [1.82, 2.24) is 0 Å². The lowest BCUT2D eigenvalue weighted by molar-refractivity contribution is 0.0475. The van der Waals surface area contributed by atoms with Gasteiger partial charge < -0.3 is 9.47 Å². The van der Waals surface area contributed by atoms with Crippen molar-refractivity contribution in [1.29, 1.82) is 0 Å². The van der Waals surface area contributed by atoms with E-state index >= 15 is 0 Å². The van der Waals surface area contributed by atoms with Crippen molar-refractivity contribution in [2.75, 3.05) is 13.7 Å². The van der Waals surface area contributed by atoms with Gasteiger partial charge in [0.15, 0.2) is 6.61 Å². The van der Waals surface area contributed by atoms with Crippen molar-refractivity contribution in [3.8, 4) is 0 Å². The third-order valence-corrected chi connectivity index (χ3v) is 3.86. The molecule has 2 aromatic rings. The number of ketones is 1. The number of esters is 1. The smallest absolute Gasteiger partial charge is 0.338 e. The molecule has 0 radical (unpaired) electrons. The minimum Gasteiger partial charge on any atom is -0.454 e. The molecule has 0 atom stereocenters. The summed E-state index contributed by atoms with van der Waals surface area (Å²) < 4.78 is 10.1. The summed E-state index contributed by atoms with van der Waals surface area (Å²) in [5.74, 6) is -0.691. The minimum absolute atomic E-state index is 0.186. The van der Waals surface area contributed by atoms with Crippen molar-refractivity contribution in [2.24, 2.45) is 0 Å². The van der Waals surface area contributed by atoms with Crippen LogP contribution in [0.4, 0.5) is 0 Å². The van der Waals surface area contributed by atoms with Gasteiger partial charge in [-0.25, -0.2) is 4.79 Å². The zero-order chi connectivity index (χ0) is 15.2. The molecule has 1 heterocycles. The first kappa shape index (κ1) is 15.4. The predicted molar refractivity (Wildman–Crippen MR) is 80.8 cm³/mol. The fourth-order valence-electron chi connectivity index (χ4n) is 1.82. The molecule has 0 aliphatic rings. The SMILES string of the molecule is COCc1cccc(C(=O)OCC(=O)c2ccc(C)s2)c1. The molecule has 0 unspecified atom stereocenters. The molecule has 0 saturated carbocycles. The average molecular weight is 304 g/mol. The number of methoxy groups -OCH3 is 1. The van der Waals surface area contributed by atoms with Crippen LogP contribution in [0.15, 0.2) is 36.4 Å². The lowest BCUT2D eigenvalue weighted by Crippen LogP contribution is -2.13. The summed E-state index contributed by atoms with van der Waals surface area (Å²) in [6.07, 6.45) is 0. The van der Waals surface area contributed by atoms with Crippen LogP contribution in [-0.4, -0.2) is 25.5 Å². The van der Waals surface area contributed by atoms with Gasteiger partial charge in [0.1, 0.15) is 0 Å². The van der Waals surface area contributed by atoms with E-state index in [0.717, 1.165) is 10.4 Å². The van der Waals surface area contributed by atoms with Crippen LogP contribution in [-0.2, 0) is 16.1 Å². The molecule has 0 aliphatic carbocycles. The number of hydrogen-bond acceptors (Lipinski definition) is 5. The quantitative estimate of drug-likeness (QED) is 0.607. The molecule has 5 heteroatoms. The summed E-state index contributed by atoms with van der Waals surface area (Å²) in [5, 5.41) is 0. The standard InChI is InChI=1S/C16H16O4S/c1-11-6-7-15(21-11)14(17)10-20-16(18)13-5-3-4-12(8-13)9-19-2/h3-8H,9-10H2,1-2H3. The maximum atomic E-state index is 11.9. The van der Waals surface area contributed by atoms with Gasteiger partial charge in [0.25, 0.3) is 0 Å². The fourth-order valence-corrected chi connectivity index (χ4v) is 2.62. The molecule has 21 heavy (non-hydrogen) atoms. The van der Waals surface area contributed by atoms with Crippen molar-refractivity contribution < 1.29 is 19.1 Å². The molecule has 1 aromatic heterocycles. The Morgan fingerprint density at radius 3 is 2.67 bits per heavy atom. The Morgan fingerprint density at radius 2 is 2.00 bits per heavy atom. The molecule has 0 amide bonds. The van der Waals surface area contributed by atoms with Gasteiger partial charge >= 0.3 is 5.97 Å². The van der Waals surface area contributed by atoms with Crippen molar-refractivity contribution in [3.05, 3.63) is 57.3 Å². The van der Waals surface area contributed by atoms with Crippen molar-refractivity contribution in [3.63, 3.8) is 0 Å². The maximum Gasteiger partial charge on any atom is 0.338 e. The van der Waals surface area contributed by atoms with E-state index in [1.54, 1.807) is 31.4 Å². The molecule has 0 N–H and O–H groups in total. The molecular formula is C16H16O4S. The zero-order valence-corrected chi connectivity index (χ0v) is 12.7. The molecule has 110 valence electrons. The Hall–Kier alpha value is -1.98. The number of Topliss-reactive ketones (excluding diaryl/α,β-unsaturated/α-hetero) is 1. The second kappa shape index (κ2) is 7.15. The van der Waals surface area contributed by atoms with Crippen LogP contribution >= 0.6 is 11.3 Å². The molecule has 0 saturated heterocycles. The third kappa shape index (κ3) is 4.24. The topological polar surface area (TPSA) is 52.6 Å². The number of aryl methyl sites for hydroxylation is 1. The second-order valence-corrected chi connectivity index (χ2v) is 5.83. The summed E-state index contributed by atoms with van der Waals surface area (Å²) in [6, 6.07) is 10.6. The first-order valence-corrected chi connectivity index (χ1v) is 7.26. The Kier molecular flexibility index (Phi) is 5.25. The summed E-state index contributed by atoms with van der Waals surface area (Å²) in [6.45, 7) is 2.11. The van der Waals surface area contributed by atoms with Gasteiger partial charge in [0.05, 0.1) is 17.0 Å². The van der Waals surface area contributed by atoms with Crippen molar-refractivity contribution in [2.45, 2.75) is 13.5 Å². The molecule has 0 bridgehead atoms. The molecular weight excluding hydrogens is 288 g/mol. The lowest BCUT2D eigenvalue weighted by Gasteiger charge is -2.05. The van der Waals surface area contributed by atoms with E-state index in [1.807, 2.05) is 19.1 Å². The Labute approximate surface area is 127 Å². The average Bonchev–Trinajstić information content (AvgIpc) is 2.92. The summed E-state index contributed by atoms with van der Waals surface area (Å²) in [4.78, 5) is 25.5. The number of rotatable bonds is 6. The third-order valence-electron chi connectivity index (χ3n) is 2.82. The molecule has 0 spiro atoms. The van der Waals surface area contributed by atoms with E-state index in [1.165, 1.54) is 11.3 Å². The van der Waals surface area contributed by atoms with Crippen LogP contribution in [0.2, 0.25) is 0 Å². The van der Waals surface area contributed by atoms with Gasteiger partial charge in [-0.3, -0.25) is 4.79 Å². The van der Waals surface area contributed by atoms with Gasteiger partial charge in [-0.05, 0) is 36.8 Å². The summed E-state index contributed by atoms with van der Waals surface area (Å²) in [7, 11) is 1.59. The van der Waals surface area contributed by atoms with Crippen LogP contribution in [0.1, 0.15) is 30.5 Å². The van der Waals surface area contributed by atoms with Crippen LogP contribution in [0.25, 0.3) is 0 Å². The minimum atomic E-state index is -0.505. The number of carbonyl (C=O) groups is 2. The summed E-state index contributed by atoms with van der Waals surface area (Å²) >= 11 is 1.39. The highest BCUT2D eigenvalue weighted by atomic mass is 32.1. The van der Waals surface area contributed by atoms with E-state index in [9.17, 15) is 9.59 Å². The van der Waals surface area contributed by atoms with E-state index < -0.39 is 5.97 Å². The van der Waals surface area contributed by atoms with Gasteiger partial charge in [0.2, 0.25) is 5.78 Å². The first-order valence-electron chi connectivity index (χ1n) is 6.45. The van der Waals surface area contributed by atoms with Gasteiger partial charge in [-0.15, -0.1) is 11.3 Å². The Bertz CT molecular complexity index is 645. The summed E-state index contributed by atoms with van der Waals surface area (Å²) in [5.41, 5.74) is 1.30. The highest BCUT2D eigenvalue weighted by Gasteiger charge is 2.13. The number of benzene rings is 1. The van der Waals surface area contributed by atoms with Gasteiger partial charge in [0, 0.05) is 12.0 Å². The molecule has 0 fully saturated rings. The number of carbonyl (C=O) groups excluding carboxylic acids is 2. The van der Waals surface area contributed by atoms with Crippen LogP contribution < -0.4 is 0 Å². The second-order valence-electron chi connectivity index (χ2n) is 4.54. The lowest BCUT2D eigenvalue weighted by atomic mass is 10.1. The number of ether oxygens (including phenoxy) is 2. The highest BCUT2D eigenvalue weighted by molar-refractivity contribution is 7.14. The molecule has 4 nitrogen and oxygen atoms in total. The van der Waals surface area contributed by atoms with E-state index in [0.29, 0.717) is 17.0 Å². The fraction of sp³-hybridized carbons (Fsp3) is 0.250. The number of hydrogen-bond donors (Lipinski definition) is 0. The maximum absolute atomic E-state index is 11.9. The molecule has 2 rings (SSSR count). The normalized spacial score (nSPS) is 10.4. The van der Waals surface area contributed by atoms with Gasteiger partial charge in [-0.1, -0.05) is 12.1 Å². The van der Waals surface area contributed by atoms with E-state index in [-0.39, 0.29) is 12.4 Å². The first-order chi connectivity index (χ1) is 10.1. The van der Waals surface area contributed by atoms with Gasteiger partial charge in [-0.2, -0.15) is 0 Å². The molecule has 0 aliphatic heterocycles. The highest BCUT2D eigenvalue weighted by Crippen LogP contribution is 2.16. The number of thiophene rings is 1. The van der Waals surface area contributed by atoms with Crippen LogP contribution in [0.3, 0.4) is 0 Å². The largest absolute Gasteiger partial charge is 0.454 e. The van der Waals surface area contributed by atoms with E-state index in [2.05, 4.69) is 0 Å². The Morgan fingerprint density at radius 1 is 1.19 bits per heavy atom. The Balaban J connectivity index is 1.95. The zero-order valence-electron chi connectivity index (χ0n) is 11.9. The van der Waals surface area contributed by atoms with Crippen LogP contribution in [0.5, 0.6) is 0 Å². The van der Waals surface area contributed by atoms with Crippen LogP contribution in [0, 0.1) is 6.92 Å². The predicted octanol–water partition coefficient (Wildman–Crippen LogP) is 3.24. The monoisotopic (exact) mass is 304 g/mol.